The van der Waals surface area contributed by atoms with Crippen molar-refractivity contribution < 1.29 is 23.1 Å². The van der Waals surface area contributed by atoms with Crippen LogP contribution in [0.1, 0.15) is 23.7 Å². The molecule has 0 saturated carbocycles. The molecule has 0 spiro atoms. The number of para-hydroxylation sites is 1. The molecule has 10 heteroatoms. The van der Waals surface area contributed by atoms with Gasteiger partial charge in [-0.1, -0.05) is 48.5 Å². The molecule has 0 unspecified atom stereocenters. The van der Waals surface area contributed by atoms with Gasteiger partial charge in [0, 0.05) is 24.0 Å². The van der Waals surface area contributed by atoms with Gasteiger partial charge in [0.05, 0.1) is 37.0 Å². The number of hydrogen-bond acceptors (Lipinski definition) is 6. The highest BCUT2D eigenvalue weighted by molar-refractivity contribution is 7.89. The summed E-state index contributed by atoms with van der Waals surface area (Å²) in [5, 5.41) is 14.8. The third-order valence-electron chi connectivity index (χ3n) is 6.54. The van der Waals surface area contributed by atoms with Crippen LogP contribution >= 0.6 is 0 Å². The van der Waals surface area contributed by atoms with Crippen molar-refractivity contribution in [2.45, 2.75) is 36.2 Å². The van der Waals surface area contributed by atoms with Gasteiger partial charge in [-0.15, -0.1) is 0 Å². The maximum absolute atomic E-state index is 13.8. The van der Waals surface area contributed by atoms with E-state index in [2.05, 4.69) is 10.1 Å². The number of nitrogens with zero attached hydrogens (tertiary/aromatic N) is 4. The van der Waals surface area contributed by atoms with E-state index < -0.39 is 16.0 Å². The summed E-state index contributed by atoms with van der Waals surface area (Å²) in [6, 6.07) is 19.7. The summed E-state index contributed by atoms with van der Waals surface area (Å²) in [6.07, 6.45) is 2.19. The van der Waals surface area contributed by atoms with Crippen molar-refractivity contribution in [2.24, 2.45) is 0 Å². The first kappa shape index (κ1) is 24.0. The van der Waals surface area contributed by atoms with Crippen LogP contribution in [0.5, 0.6) is 5.88 Å². The number of benzene rings is 2. The minimum atomic E-state index is -3.86. The minimum absolute atomic E-state index is 0.0962. The highest BCUT2D eigenvalue weighted by Crippen LogP contribution is 2.36. The normalized spacial score (nSPS) is 18.5. The van der Waals surface area contributed by atoms with Gasteiger partial charge in [0.25, 0.3) is 0 Å². The zero-order chi connectivity index (χ0) is 25.3. The largest absolute Gasteiger partial charge is 0.481 e. The van der Waals surface area contributed by atoms with E-state index in [0.717, 1.165) is 16.5 Å². The lowest BCUT2D eigenvalue weighted by atomic mass is 10.0. The standard InChI is InChI=1S/C26H26N4O5S/c1-35-25-12-11-21(16-27-25)36(33,34)29-17-20(14-19(29)13-18-7-3-2-4-8-18)30-24-10-6-5-9-22(24)23(28-30)15-26(31)32/h2-12,16,19-20H,13-15,17H2,1H3,(H,31,32)/t19-,20-/m1/s1. The minimum Gasteiger partial charge on any atom is -0.481 e. The Morgan fingerprint density at radius 1 is 1.08 bits per heavy atom. The summed E-state index contributed by atoms with van der Waals surface area (Å²) in [5.74, 6) is -0.627. The van der Waals surface area contributed by atoms with Crippen LogP contribution in [0.2, 0.25) is 0 Å². The molecule has 1 aliphatic heterocycles. The van der Waals surface area contributed by atoms with Crippen LogP contribution in [0.25, 0.3) is 10.9 Å². The van der Waals surface area contributed by atoms with Crippen LogP contribution < -0.4 is 4.74 Å². The van der Waals surface area contributed by atoms with Crippen molar-refractivity contribution >= 4 is 26.9 Å². The molecule has 3 heterocycles. The number of hydrogen-bond donors (Lipinski definition) is 1. The van der Waals surface area contributed by atoms with Crippen LogP contribution in [0.4, 0.5) is 0 Å². The molecule has 9 nitrogen and oxygen atoms in total. The molecule has 4 aromatic rings. The quantitative estimate of drug-likeness (QED) is 0.390. The molecule has 2 atom stereocenters. The predicted molar refractivity (Wildman–Crippen MR) is 133 cm³/mol. The highest BCUT2D eigenvalue weighted by Gasteiger charge is 2.42. The van der Waals surface area contributed by atoms with E-state index in [0.29, 0.717) is 24.4 Å². The lowest BCUT2D eigenvalue weighted by Gasteiger charge is -2.24. The van der Waals surface area contributed by atoms with Crippen molar-refractivity contribution in [3.8, 4) is 5.88 Å². The van der Waals surface area contributed by atoms with Crippen LogP contribution in [0, 0.1) is 0 Å². The Labute approximate surface area is 209 Å². The number of fused-ring (bicyclic) bond motifs is 1. The molecule has 186 valence electrons. The summed E-state index contributed by atoms with van der Waals surface area (Å²) in [4.78, 5) is 15.6. The van der Waals surface area contributed by atoms with Crippen molar-refractivity contribution in [1.29, 1.82) is 0 Å². The number of carboxylic acids is 1. The lowest BCUT2D eigenvalue weighted by molar-refractivity contribution is -0.136. The molecule has 1 aliphatic rings. The monoisotopic (exact) mass is 506 g/mol. The fourth-order valence-corrected chi connectivity index (χ4v) is 6.51. The SMILES string of the molecule is COc1ccc(S(=O)(=O)N2C[C@H](n3nc(CC(=O)O)c4ccccc43)C[C@H]2Cc2ccccc2)cn1. The van der Waals surface area contributed by atoms with Gasteiger partial charge in [-0.25, -0.2) is 13.4 Å². The molecule has 0 aliphatic carbocycles. The van der Waals surface area contributed by atoms with Gasteiger partial charge in [-0.3, -0.25) is 9.48 Å². The fraction of sp³-hybridized carbons (Fsp3) is 0.269. The maximum atomic E-state index is 13.8. The number of ether oxygens (including phenoxy) is 1. The summed E-state index contributed by atoms with van der Waals surface area (Å²) < 4.78 is 35.9. The first-order valence-corrected chi connectivity index (χ1v) is 13.0. The Morgan fingerprint density at radius 2 is 1.83 bits per heavy atom. The van der Waals surface area contributed by atoms with E-state index in [1.54, 1.807) is 4.68 Å². The summed E-state index contributed by atoms with van der Waals surface area (Å²) in [7, 11) is -2.38. The van der Waals surface area contributed by atoms with Crippen molar-refractivity contribution in [3.63, 3.8) is 0 Å². The van der Waals surface area contributed by atoms with Gasteiger partial charge in [0.1, 0.15) is 4.90 Å². The number of sulfonamides is 1. The molecule has 0 bridgehead atoms. The highest BCUT2D eigenvalue weighted by atomic mass is 32.2. The molecule has 36 heavy (non-hydrogen) atoms. The molecule has 1 N–H and O–H groups in total. The lowest BCUT2D eigenvalue weighted by Crippen LogP contribution is -2.37. The molecule has 0 amide bonds. The average Bonchev–Trinajstić information content (AvgIpc) is 3.46. The summed E-state index contributed by atoms with van der Waals surface area (Å²) in [5.41, 5.74) is 2.30. The van der Waals surface area contributed by atoms with Gasteiger partial charge < -0.3 is 9.84 Å². The average molecular weight is 507 g/mol. The van der Waals surface area contributed by atoms with Crippen molar-refractivity contribution in [1.82, 2.24) is 19.1 Å². The number of rotatable bonds is 8. The van der Waals surface area contributed by atoms with Crippen LogP contribution in [-0.4, -0.2) is 58.3 Å². The Morgan fingerprint density at radius 3 is 2.53 bits per heavy atom. The van der Waals surface area contributed by atoms with E-state index >= 15 is 0 Å². The maximum Gasteiger partial charge on any atom is 0.309 e. The van der Waals surface area contributed by atoms with Crippen LogP contribution in [0.3, 0.4) is 0 Å². The van der Waals surface area contributed by atoms with E-state index in [9.17, 15) is 18.3 Å². The van der Waals surface area contributed by atoms with Gasteiger partial charge in [0.2, 0.25) is 15.9 Å². The van der Waals surface area contributed by atoms with E-state index in [-0.39, 0.29) is 29.9 Å². The van der Waals surface area contributed by atoms with Crippen LogP contribution in [-0.2, 0) is 27.7 Å². The number of carbonyl (C=O) groups is 1. The Balaban J connectivity index is 1.54. The fourth-order valence-electron chi connectivity index (χ4n) is 4.89. The molecule has 2 aromatic carbocycles. The Hall–Kier alpha value is -3.76. The number of aliphatic carboxylic acids is 1. The predicted octanol–water partition coefficient (Wildman–Crippen LogP) is 3.31. The molecule has 5 rings (SSSR count). The first-order chi connectivity index (χ1) is 17.4. The van der Waals surface area contributed by atoms with Crippen LogP contribution in [0.15, 0.2) is 77.8 Å². The second kappa shape index (κ2) is 9.71. The first-order valence-electron chi connectivity index (χ1n) is 11.6. The molecule has 2 aromatic heterocycles. The number of carboxylic acid groups (broad SMARTS) is 1. The van der Waals surface area contributed by atoms with E-state index in [1.807, 2.05) is 54.6 Å². The third kappa shape index (κ3) is 4.57. The zero-order valence-corrected chi connectivity index (χ0v) is 20.5. The van der Waals surface area contributed by atoms with E-state index in [1.165, 1.54) is 29.7 Å². The van der Waals surface area contributed by atoms with Gasteiger partial charge in [-0.2, -0.15) is 9.40 Å². The Kier molecular flexibility index (Phi) is 6.46. The summed E-state index contributed by atoms with van der Waals surface area (Å²) >= 11 is 0. The molecule has 1 saturated heterocycles. The Bertz CT molecular complexity index is 1490. The number of pyridine rings is 1. The summed E-state index contributed by atoms with van der Waals surface area (Å²) in [6.45, 7) is 0.212. The topological polar surface area (TPSA) is 115 Å². The molecular formula is C26H26N4O5S. The van der Waals surface area contributed by atoms with Gasteiger partial charge in [-0.05, 0) is 30.5 Å². The molecule has 1 fully saturated rings. The van der Waals surface area contributed by atoms with E-state index in [4.69, 9.17) is 4.74 Å². The third-order valence-corrected chi connectivity index (χ3v) is 8.44. The van der Waals surface area contributed by atoms with Gasteiger partial charge in [0.15, 0.2) is 0 Å². The molecular weight excluding hydrogens is 480 g/mol. The second-order valence-electron chi connectivity index (χ2n) is 8.82. The van der Waals surface area contributed by atoms with Crippen molar-refractivity contribution in [2.75, 3.05) is 13.7 Å². The number of aromatic nitrogens is 3. The number of methoxy groups -OCH3 is 1. The van der Waals surface area contributed by atoms with Gasteiger partial charge >= 0.3 is 5.97 Å². The smallest absolute Gasteiger partial charge is 0.309 e. The molecule has 0 radical (unpaired) electrons. The zero-order valence-electron chi connectivity index (χ0n) is 19.7. The second-order valence-corrected chi connectivity index (χ2v) is 10.7. The van der Waals surface area contributed by atoms with Crippen molar-refractivity contribution in [3.05, 3.63) is 84.2 Å².